The number of hydrogen-bond acceptors (Lipinski definition) is 3. The molecule has 1 atom stereocenters. The molecular weight excluding hydrogens is 388 g/mol. The first kappa shape index (κ1) is 19.6. The van der Waals surface area contributed by atoms with E-state index in [1.54, 1.807) is 44.2 Å². The molecule has 3 aliphatic rings. The number of rotatable bonds is 3. The fraction of sp³-hybridized carbons (Fsp3) is 0.348. The highest BCUT2D eigenvalue weighted by Gasteiger charge is 2.34. The van der Waals surface area contributed by atoms with Crippen LogP contribution in [-0.4, -0.2) is 23.1 Å². The summed E-state index contributed by atoms with van der Waals surface area (Å²) in [6, 6.07) is 6.84. The number of carbonyl (C=O) groups is 2. The van der Waals surface area contributed by atoms with Crippen LogP contribution in [0.1, 0.15) is 39.5 Å². The Hall–Kier alpha value is -2.66. The van der Waals surface area contributed by atoms with Gasteiger partial charge in [0.25, 0.3) is 11.8 Å². The predicted molar refractivity (Wildman–Crippen MR) is 113 cm³/mol. The summed E-state index contributed by atoms with van der Waals surface area (Å²) in [6.07, 6.45) is 9.62. The number of aliphatic imine (C=N–C) groups is 1. The van der Waals surface area contributed by atoms with Crippen LogP contribution < -0.4 is 10.1 Å². The molecule has 6 heteroatoms. The van der Waals surface area contributed by atoms with Crippen molar-refractivity contribution in [3.8, 4) is 5.75 Å². The number of amides is 2. The second kappa shape index (κ2) is 7.64. The maximum Gasteiger partial charge on any atom is 0.289 e. The average Bonchev–Trinajstić information content (AvgIpc) is 2.69. The van der Waals surface area contributed by atoms with E-state index < -0.39 is 11.5 Å². The van der Waals surface area contributed by atoms with E-state index in [9.17, 15) is 9.59 Å². The minimum atomic E-state index is -1.14. The van der Waals surface area contributed by atoms with Crippen LogP contribution in [0.5, 0.6) is 5.75 Å². The van der Waals surface area contributed by atoms with Gasteiger partial charge in [-0.1, -0.05) is 17.7 Å². The third-order valence-corrected chi connectivity index (χ3v) is 5.70. The summed E-state index contributed by atoms with van der Waals surface area (Å²) < 4.78 is 5.82. The molecule has 0 saturated heterocycles. The Bertz CT molecular complexity index is 984. The van der Waals surface area contributed by atoms with E-state index in [4.69, 9.17) is 16.3 Å². The van der Waals surface area contributed by atoms with E-state index >= 15 is 0 Å². The van der Waals surface area contributed by atoms with E-state index in [1.165, 1.54) is 5.57 Å². The molecule has 0 radical (unpaired) electrons. The predicted octanol–water partition coefficient (Wildman–Crippen LogP) is 4.54. The Morgan fingerprint density at radius 1 is 1.21 bits per heavy atom. The average molecular weight is 411 g/mol. The molecule has 4 rings (SSSR count). The molecule has 0 fully saturated rings. The summed E-state index contributed by atoms with van der Waals surface area (Å²) in [4.78, 5) is 29.4. The summed E-state index contributed by atoms with van der Waals surface area (Å²) in [6.45, 7) is 3.36. The SMILES string of the molecule is CC(C)(Oc1ccc(Cl)cc1)C(=O)N=C1C=CC2C(=C1)NC(=O)C1=C2CCCC1. The molecule has 29 heavy (non-hydrogen) atoms. The molecule has 1 unspecified atom stereocenters. The van der Waals surface area contributed by atoms with Gasteiger partial charge in [0.05, 0.1) is 5.71 Å². The lowest BCUT2D eigenvalue weighted by atomic mass is 9.77. The molecule has 0 saturated carbocycles. The van der Waals surface area contributed by atoms with Crippen LogP contribution in [0.3, 0.4) is 0 Å². The fourth-order valence-corrected chi connectivity index (χ4v) is 4.04. The minimum absolute atomic E-state index is 0.0189. The van der Waals surface area contributed by atoms with Crippen molar-refractivity contribution in [1.29, 1.82) is 0 Å². The van der Waals surface area contributed by atoms with E-state index in [0.717, 1.165) is 37.0 Å². The first-order chi connectivity index (χ1) is 13.8. The van der Waals surface area contributed by atoms with Crippen LogP contribution in [0.4, 0.5) is 0 Å². The number of fused-ring (bicyclic) bond motifs is 2. The number of ether oxygens (including phenoxy) is 1. The van der Waals surface area contributed by atoms with Crippen molar-refractivity contribution in [2.45, 2.75) is 45.1 Å². The molecule has 150 valence electrons. The summed E-state index contributed by atoms with van der Waals surface area (Å²) in [5.41, 5.74) is 2.30. The number of benzene rings is 1. The van der Waals surface area contributed by atoms with Crippen molar-refractivity contribution in [2.75, 3.05) is 0 Å². The lowest BCUT2D eigenvalue weighted by Gasteiger charge is -2.33. The van der Waals surface area contributed by atoms with Gasteiger partial charge < -0.3 is 10.1 Å². The lowest BCUT2D eigenvalue weighted by Crippen LogP contribution is -2.39. The third kappa shape index (κ3) is 4.06. The van der Waals surface area contributed by atoms with Crippen molar-refractivity contribution in [3.63, 3.8) is 0 Å². The molecule has 2 aliphatic carbocycles. The van der Waals surface area contributed by atoms with Gasteiger partial charge in [0.2, 0.25) is 0 Å². The molecule has 1 aliphatic heterocycles. The zero-order valence-electron chi connectivity index (χ0n) is 16.5. The standard InChI is InChI=1S/C23H23ClN2O3/c1-23(2,29-16-10-7-14(24)8-11-16)22(28)25-15-9-12-18-17-5-3-4-6-19(17)21(27)26-20(18)13-15/h7-13,18H,3-6H2,1-2H3,(H,26,27). The Balaban J connectivity index is 1.53. The van der Waals surface area contributed by atoms with Crippen LogP contribution in [0.2, 0.25) is 5.02 Å². The lowest BCUT2D eigenvalue weighted by molar-refractivity contribution is -0.130. The summed E-state index contributed by atoms with van der Waals surface area (Å²) in [5.74, 6) is 0.203. The minimum Gasteiger partial charge on any atom is -0.478 e. The largest absolute Gasteiger partial charge is 0.478 e. The van der Waals surface area contributed by atoms with Gasteiger partial charge in [-0.3, -0.25) is 9.59 Å². The van der Waals surface area contributed by atoms with Crippen molar-refractivity contribution in [1.82, 2.24) is 5.32 Å². The Kier molecular flexibility index (Phi) is 5.17. The first-order valence-corrected chi connectivity index (χ1v) is 10.2. The van der Waals surface area contributed by atoms with Gasteiger partial charge in [-0.25, -0.2) is 4.99 Å². The highest BCUT2D eigenvalue weighted by Crippen LogP contribution is 2.38. The number of allylic oxidation sites excluding steroid dienone is 3. The molecule has 1 heterocycles. The topological polar surface area (TPSA) is 67.8 Å². The third-order valence-electron chi connectivity index (χ3n) is 5.45. The van der Waals surface area contributed by atoms with Gasteiger partial charge in [0, 0.05) is 22.2 Å². The molecule has 0 bridgehead atoms. The van der Waals surface area contributed by atoms with E-state index in [1.807, 2.05) is 12.2 Å². The van der Waals surface area contributed by atoms with Crippen LogP contribution in [-0.2, 0) is 9.59 Å². The number of halogens is 1. The van der Waals surface area contributed by atoms with Crippen LogP contribution in [0.25, 0.3) is 0 Å². The van der Waals surface area contributed by atoms with Gasteiger partial charge in [0.1, 0.15) is 5.75 Å². The Morgan fingerprint density at radius 3 is 2.69 bits per heavy atom. The maximum absolute atomic E-state index is 12.8. The van der Waals surface area contributed by atoms with Gasteiger partial charge in [-0.2, -0.15) is 0 Å². The number of nitrogens with zero attached hydrogens (tertiary/aromatic N) is 1. The zero-order chi connectivity index (χ0) is 20.6. The second-order valence-electron chi connectivity index (χ2n) is 8.01. The van der Waals surface area contributed by atoms with Crippen LogP contribution in [0, 0.1) is 5.92 Å². The summed E-state index contributed by atoms with van der Waals surface area (Å²) in [7, 11) is 0. The van der Waals surface area contributed by atoms with Gasteiger partial charge in [-0.05, 0) is 81.5 Å². The Labute approximate surface area is 175 Å². The first-order valence-electron chi connectivity index (χ1n) is 9.84. The highest BCUT2D eigenvalue weighted by atomic mass is 35.5. The number of hydrogen-bond donors (Lipinski definition) is 1. The molecule has 1 aromatic carbocycles. The monoisotopic (exact) mass is 410 g/mol. The molecule has 1 N–H and O–H groups in total. The van der Waals surface area contributed by atoms with Crippen molar-refractivity contribution in [3.05, 3.63) is 64.4 Å². The van der Waals surface area contributed by atoms with Crippen LogP contribution >= 0.6 is 11.6 Å². The van der Waals surface area contributed by atoms with Gasteiger partial charge in [-0.15, -0.1) is 0 Å². The van der Waals surface area contributed by atoms with E-state index in [-0.39, 0.29) is 11.8 Å². The maximum atomic E-state index is 12.8. The van der Waals surface area contributed by atoms with Gasteiger partial charge in [0.15, 0.2) is 5.60 Å². The second-order valence-corrected chi connectivity index (χ2v) is 8.45. The molecule has 5 nitrogen and oxygen atoms in total. The molecule has 1 aromatic rings. The smallest absolute Gasteiger partial charge is 0.289 e. The van der Waals surface area contributed by atoms with Crippen LogP contribution in [0.15, 0.2) is 64.3 Å². The summed E-state index contributed by atoms with van der Waals surface area (Å²) >= 11 is 5.89. The molecule has 2 amide bonds. The fourth-order valence-electron chi connectivity index (χ4n) is 3.91. The van der Waals surface area contributed by atoms with Gasteiger partial charge >= 0.3 is 0 Å². The Morgan fingerprint density at radius 2 is 1.93 bits per heavy atom. The van der Waals surface area contributed by atoms with E-state index in [2.05, 4.69) is 10.3 Å². The molecular formula is C23H23ClN2O3. The normalized spacial score (nSPS) is 22.6. The van der Waals surface area contributed by atoms with Crippen molar-refractivity contribution in [2.24, 2.45) is 10.9 Å². The van der Waals surface area contributed by atoms with E-state index in [0.29, 0.717) is 16.5 Å². The number of carbonyl (C=O) groups excluding carboxylic acids is 2. The zero-order valence-corrected chi connectivity index (χ0v) is 17.3. The molecule has 0 spiro atoms. The number of nitrogens with one attached hydrogen (secondary N) is 1. The quantitative estimate of drug-likeness (QED) is 0.795. The summed E-state index contributed by atoms with van der Waals surface area (Å²) in [5, 5.41) is 3.58. The highest BCUT2D eigenvalue weighted by molar-refractivity contribution is 6.30. The van der Waals surface area contributed by atoms with Crippen molar-refractivity contribution < 1.29 is 14.3 Å². The molecule has 0 aromatic heterocycles. The van der Waals surface area contributed by atoms with Crippen molar-refractivity contribution >= 4 is 29.1 Å².